The second-order valence-electron chi connectivity index (χ2n) is 6.52. The minimum atomic E-state index is -4.51. The highest BCUT2D eigenvalue weighted by molar-refractivity contribution is 5.85. The summed E-state index contributed by atoms with van der Waals surface area (Å²) < 4.78 is 52.3. The Hall–Kier alpha value is -2.64. The lowest BCUT2D eigenvalue weighted by atomic mass is 9.91. The Morgan fingerprint density at radius 1 is 1.23 bits per heavy atom. The van der Waals surface area contributed by atoms with Crippen molar-refractivity contribution in [3.05, 3.63) is 53.2 Å². The van der Waals surface area contributed by atoms with Crippen LogP contribution in [0.5, 0.6) is 0 Å². The summed E-state index contributed by atoms with van der Waals surface area (Å²) in [4.78, 5) is 12.6. The van der Waals surface area contributed by atoms with Crippen LogP contribution in [0.25, 0.3) is 10.9 Å². The largest absolute Gasteiger partial charge is 0.433 e. The first-order chi connectivity index (χ1) is 12.3. The zero-order chi connectivity index (χ0) is 18.5. The van der Waals surface area contributed by atoms with Gasteiger partial charge in [0.25, 0.3) is 0 Å². The van der Waals surface area contributed by atoms with Crippen LogP contribution in [-0.2, 0) is 19.0 Å². The highest BCUT2D eigenvalue weighted by Gasteiger charge is 2.34. The monoisotopic (exact) mass is 364 g/mol. The van der Waals surface area contributed by atoms with E-state index >= 15 is 0 Å². The van der Waals surface area contributed by atoms with Gasteiger partial charge in [-0.1, -0.05) is 0 Å². The molecule has 0 bridgehead atoms. The van der Waals surface area contributed by atoms with Crippen molar-refractivity contribution >= 4 is 16.9 Å². The summed E-state index contributed by atoms with van der Waals surface area (Å²) in [6.07, 6.45) is -1.31. The zero-order valence-corrected chi connectivity index (χ0v) is 13.9. The van der Waals surface area contributed by atoms with Crippen LogP contribution in [0.1, 0.15) is 23.4 Å². The van der Waals surface area contributed by atoms with E-state index in [1.165, 1.54) is 12.1 Å². The first kappa shape index (κ1) is 16.8. The van der Waals surface area contributed by atoms with Crippen molar-refractivity contribution in [2.24, 2.45) is 0 Å². The van der Waals surface area contributed by atoms with E-state index in [-0.39, 0.29) is 17.8 Å². The molecule has 0 fully saturated rings. The molecule has 8 heteroatoms. The van der Waals surface area contributed by atoms with E-state index in [4.69, 9.17) is 0 Å². The van der Waals surface area contributed by atoms with Gasteiger partial charge in [0.2, 0.25) is 5.95 Å². The third kappa shape index (κ3) is 2.89. The van der Waals surface area contributed by atoms with Crippen molar-refractivity contribution in [3.63, 3.8) is 0 Å². The summed E-state index contributed by atoms with van der Waals surface area (Å²) in [7, 11) is 1.70. The number of fused-ring (bicyclic) bond motifs is 3. The number of aromatic amines is 1. The summed E-state index contributed by atoms with van der Waals surface area (Å²) in [5, 5.41) is 0.822. The van der Waals surface area contributed by atoms with Crippen molar-refractivity contribution in [2.75, 3.05) is 11.9 Å². The van der Waals surface area contributed by atoms with Gasteiger partial charge in [0.1, 0.15) is 11.5 Å². The highest BCUT2D eigenvalue weighted by Crippen LogP contribution is 2.33. The maximum absolute atomic E-state index is 13.6. The first-order valence-electron chi connectivity index (χ1n) is 8.25. The fourth-order valence-corrected chi connectivity index (χ4v) is 3.54. The van der Waals surface area contributed by atoms with Gasteiger partial charge in [-0.2, -0.15) is 13.2 Å². The van der Waals surface area contributed by atoms with E-state index in [0.717, 1.165) is 47.3 Å². The number of hydrogen-bond donors (Lipinski definition) is 1. The molecule has 0 saturated heterocycles. The lowest BCUT2D eigenvalue weighted by molar-refractivity contribution is -0.141. The number of nitrogens with zero attached hydrogens (tertiary/aromatic N) is 3. The number of anilines is 1. The van der Waals surface area contributed by atoms with E-state index in [9.17, 15) is 17.6 Å². The minimum Gasteiger partial charge on any atom is -0.358 e. The highest BCUT2D eigenvalue weighted by atomic mass is 19.4. The van der Waals surface area contributed by atoms with E-state index < -0.39 is 11.9 Å². The maximum Gasteiger partial charge on any atom is 0.433 e. The first-order valence-corrected chi connectivity index (χ1v) is 8.25. The summed E-state index contributed by atoms with van der Waals surface area (Å²) >= 11 is 0. The molecule has 1 aromatic carbocycles. The van der Waals surface area contributed by atoms with Gasteiger partial charge in [-0.3, -0.25) is 0 Å². The van der Waals surface area contributed by atoms with Gasteiger partial charge in [0.15, 0.2) is 0 Å². The average Bonchev–Trinajstić information content (AvgIpc) is 2.97. The fourth-order valence-electron chi connectivity index (χ4n) is 3.54. The molecule has 0 spiro atoms. The van der Waals surface area contributed by atoms with E-state index in [0.29, 0.717) is 6.42 Å². The molecule has 0 amide bonds. The van der Waals surface area contributed by atoms with Crippen LogP contribution in [0.3, 0.4) is 0 Å². The summed E-state index contributed by atoms with van der Waals surface area (Å²) in [6, 6.07) is 5.41. The topological polar surface area (TPSA) is 44.8 Å². The summed E-state index contributed by atoms with van der Waals surface area (Å²) in [6.45, 7) is 0. The van der Waals surface area contributed by atoms with Crippen molar-refractivity contribution in [2.45, 2.75) is 31.5 Å². The third-order valence-corrected chi connectivity index (χ3v) is 4.92. The molecule has 2 heterocycles. The zero-order valence-electron chi connectivity index (χ0n) is 13.9. The molecule has 4 nitrogen and oxygen atoms in total. The maximum atomic E-state index is 13.6. The van der Waals surface area contributed by atoms with Crippen LogP contribution in [0.2, 0.25) is 0 Å². The molecule has 136 valence electrons. The van der Waals surface area contributed by atoms with Gasteiger partial charge in [-0.25, -0.2) is 14.4 Å². The van der Waals surface area contributed by atoms with Crippen molar-refractivity contribution < 1.29 is 17.6 Å². The number of H-pyrrole nitrogens is 1. The Morgan fingerprint density at radius 3 is 2.81 bits per heavy atom. The van der Waals surface area contributed by atoms with Crippen LogP contribution in [0.4, 0.5) is 23.5 Å². The number of aromatic nitrogens is 3. The fraction of sp³-hybridized carbons (Fsp3) is 0.333. The Bertz CT molecular complexity index is 963. The van der Waals surface area contributed by atoms with E-state index in [1.807, 2.05) is 0 Å². The lowest BCUT2D eigenvalue weighted by Gasteiger charge is -2.31. The van der Waals surface area contributed by atoms with Crippen LogP contribution >= 0.6 is 0 Å². The van der Waals surface area contributed by atoms with E-state index in [1.54, 1.807) is 18.0 Å². The van der Waals surface area contributed by atoms with Crippen LogP contribution < -0.4 is 4.90 Å². The Labute approximate surface area is 146 Å². The Balaban J connectivity index is 1.64. The molecular formula is C18H16F4N4. The van der Waals surface area contributed by atoms with E-state index in [2.05, 4.69) is 15.0 Å². The number of alkyl halides is 3. The van der Waals surface area contributed by atoms with Crippen molar-refractivity contribution in [1.82, 2.24) is 15.0 Å². The molecule has 1 atom stereocenters. The van der Waals surface area contributed by atoms with Gasteiger partial charge in [0, 0.05) is 35.9 Å². The van der Waals surface area contributed by atoms with Crippen LogP contribution in [-0.4, -0.2) is 28.0 Å². The minimum absolute atomic E-state index is 0.0410. The number of benzene rings is 1. The van der Waals surface area contributed by atoms with Gasteiger partial charge < -0.3 is 9.88 Å². The van der Waals surface area contributed by atoms with Gasteiger partial charge in [-0.15, -0.1) is 0 Å². The van der Waals surface area contributed by atoms with Gasteiger partial charge >= 0.3 is 6.18 Å². The number of halogens is 4. The molecule has 1 N–H and O–H groups in total. The summed E-state index contributed by atoms with van der Waals surface area (Å²) in [5.74, 6) is -0.268. The number of aryl methyl sites for hydroxylation is 1. The molecule has 1 unspecified atom stereocenters. The Morgan fingerprint density at radius 2 is 2.04 bits per heavy atom. The number of likely N-dealkylation sites (N-methyl/N-ethyl adjacent to an activating group) is 1. The lowest BCUT2D eigenvalue weighted by Crippen LogP contribution is -2.37. The predicted molar refractivity (Wildman–Crippen MR) is 89.5 cm³/mol. The molecule has 1 aliphatic carbocycles. The molecule has 0 aliphatic heterocycles. The van der Waals surface area contributed by atoms with Crippen LogP contribution in [0, 0.1) is 5.82 Å². The molecule has 26 heavy (non-hydrogen) atoms. The molecule has 2 aromatic heterocycles. The Kier molecular flexibility index (Phi) is 3.86. The second-order valence-corrected chi connectivity index (χ2v) is 6.52. The molecule has 1 aliphatic rings. The molecule has 0 radical (unpaired) electrons. The van der Waals surface area contributed by atoms with Crippen molar-refractivity contribution in [1.29, 1.82) is 0 Å². The van der Waals surface area contributed by atoms with Gasteiger partial charge in [-0.05, 0) is 49.1 Å². The quantitative estimate of drug-likeness (QED) is 0.696. The molecule has 4 rings (SSSR count). The SMILES string of the molecule is CN(c1nccc(C(F)(F)F)n1)C1CCc2[nH]c3ccc(F)cc3c2C1. The van der Waals surface area contributed by atoms with Gasteiger partial charge in [0.05, 0.1) is 0 Å². The predicted octanol–water partition coefficient (Wildman–Crippen LogP) is 4.11. The molecule has 0 saturated carbocycles. The smallest absolute Gasteiger partial charge is 0.358 e. The average molecular weight is 364 g/mol. The summed E-state index contributed by atoms with van der Waals surface area (Å²) in [5.41, 5.74) is 1.98. The molecule has 3 aromatic rings. The number of rotatable bonds is 2. The normalized spacial score (nSPS) is 17.3. The van der Waals surface area contributed by atoms with Crippen LogP contribution in [0.15, 0.2) is 30.5 Å². The molecular weight excluding hydrogens is 348 g/mol. The third-order valence-electron chi connectivity index (χ3n) is 4.92. The standard InChI is InChI=1S/C18H16F4N4/c1-26(17-23-7-6-16(25-17)18(20,21)22)11-3-5-15-13(9-11)12-8-10(19)2-4-14(12)24-15/h2,4,6-8,11,24H,3,5,9H2,1H3. The van der Waals surface area contributed by atoms with Crippen molar-refractivity contribution in [3.8, 4) is 0 Å². The second kappa shape index (κ2) is 5.96. The number of nitrogens with one attached hydrogen (secondary N) is 1. The number of hydrogen-bond acceptors (Lipinski definition) is 3.